The van der Waals surface area contributed by atoms with Gasteiger partial charge >= 0.3 is 0 Å². The van der Waals surface area contributed by atoms with Crippen LogP contribution in [-0.4, -0.2) is 12.1 Å². The molecule has 4 heteroatoms. The van der Waals surface area contributed by atoms with Gasteiger partial charge in [-0.05, 0) is 37.1 Å². The minimum absolute atomic E-state index is 0.690. The molecule has 0 aliphatic heterocycles. The summed E-state index contributed by atoms with van der Waals surface area (Å²) in [4.78, 5) is 1.07. The van der Waals surface area contributed by atoms with Gasteiger partial charge in [0.2, 0.25) is 0 Å². The maximum atomic E-state index is 5.88. The summed E-state index contributed by atoms with van der Waals surface area (Å²) in [5, 5.41) is 4.25. The van der Waals surface area contributed by atoms with Crippen LogP contribution in [0, 0.1) is 13.8 Å². The van der Waals surface area contributed by atoms with E-state index in [1.54, 1.807) is 11.8 Å². The minimum atomic E-state index is 0.690. The van der Waals surface area contributed by atoms with Crippen LogP contribution >= 0.6 is 11.8 Å². The molecule has 3 N–H and O–H groups in total. The number of aryl methyl sites for hydroxylation is 2. The molecule has 0 saturated heterocycles. The van der Waals surface area contributed by atoms with Crippen molar-refractivity contribution in [2.45, 2.75) is 18.7 Å². The summed E-state index contributed by atoms with van der Waals surface area (Å²) < 4.78 is 0. The highest BCUT2D eigenvalue weighted by atomic mass is 32.2. The molecule has 0 unspecified atom stereocenters. The Bertz CT molecular complexity index is 608. The van der Waals surface area contributed by atoms with E-state index in [9.17, 15) is 0 Å². The smallest absolute Gasteiger partial charge is 0.0831 e. The van der Waals surface area contributed by atoms with Crippen LogP contribution < -0.4 is 11.2 Å². The van der Waals surface area contributed by atoms with Gasteiger partial charge in [0.1, 0.15) is 0 Å². The molecule has 20 heavy (non-hydrogen) atoms. The second-order valence-electron chi connectivity index (χ2n) is 4.60. The SMILES string of the molecule is Cc1ccc(C)c(/C=N/NCSc2ccccc2N)c1. The lowest BCUT2D eigenvalue weighted by Gasteiger charge is -2.05. The van der Waals surface area contributed by atoms with Crippen LogP contribution in [0.25, 0.3) is 0 Å². The molecule has 0 atom stereocenters. The van der Waals surface area contributed by atoms with Crippen molar-refractivity contribution in [1.29, 1.82) is 0 Å². The van der Waals surface area contributed by atoms with Crippen LogP contribution in [0.1, 0.15) is 16.7 Å². The molecule has 0 heterocycles. The van der Waals surface area contributed by atoms with Gasteiger partial charge in [-0.1, -0.05) is 35.9 Å². The molecule has 2 aromatic carbocycles. The maximum absolute atomic E-state index is 5.88. The number of nitrogens with two attached hydrogens (primary N) is 1. The van der Waals surface area contributed by atoms with Gasteiger partial charge in [0.05, 0.1) is 12.1 Å². The number of benzene rings is 2. The Kier molecular flexibility index (Phi) is 5.07. The molecule has 0 radical (unpaired) electrons. The van der Waals surface area contributed by atoms with Crippen molar-refractivity contribution < 1.29 is 0 Å². The zero-order valence-corrected chi connectivity index (χ0v) is 12.6. The first-order valence-corrected chi connectivity index (χ1v) is 7.46. The molecule has 0 saturated carbocycles. The molecule has 0 fully saturated rings. The molecule has 0 aromatic heterocycles. The summed E-state index contributed by atoms with van der Waals surface area (Å²) in [5.41, 5.74) is 13.3. The van der Waals surface area contributed by atoms with E-state index in [0.29, 0.717) is 5.88 Å². The van der Waals surface area contributed by atoms with Crippen LogP contribution in [0.5, 0.6) is 0 Å². The van der Waals surface area contributed by atoms with Crippen LogP contribution in [0.2, 0.25) is 0 Å². The maximum Gasteiger partial charge on any atom is 0.0831 e. The van der Waals surface area contributed by atoms with Gasteiger partial charge in [0.15, 0.2) is 0 Å². The fraction of sp³-hybridized carbons (Fsp3) is 0.188. The monoisotopic (exact) mass is 285 g/mol. The van der Waals surface area contributed by atoms with E-state index >= 15 is 0 Å². The highest BCUT2D eigenvalue weighted by Crippen LogP contribution is 2.23. The fourth-order valence-electron chi connectivity index (χ4n) is 1.77. The molecule has 104 valence electrons. The van der Waals surface area contributed by atoms with Crippen molar-refractivity contribution in [1.82, 2.24) is 5.43 Å². The largest absolute Gasteiger partial charge is 0.398 e. The molecule has 0 bridgehead atoms. The lowest BCUT2D eigenvalue weighted by Crippen LogP contribution is -2.05. The van der Waals surface area contributed by atoms with E-state index < -0.39 is 0 Å². The predicted molar refractivity (Wildman–Crippen MR) is 88.2 cm³/mol. The predicted octanol–water partition coefficient (Wildman–Crippen LogP) is 3.56. The number of thioether (sulfide) groups is 1. The number of nitrogens with one attached hydrogen (secondary N) is 1. The van der Waals surface area contributed by atoms with E-state index in [-0.39, 0.29) is 0 Å². The lowest BCUT2D eigenvalue weighted by molar-refractivity contribution is 0.878. The van der Waals surface area contributed by atoms with E-state index in [0.717, 1.165) is 16.1 Å². The minimum Gasteiger partial charge on any atom is -0.398 e. The van der Waals surface area contributed by atoms with E-state index in [1.165, 1.54) is 11.1 Å². The second kappa shape index (κ2) is 7.01. The number of hydrogen-bond acceptors (Lipinski definition) is 4. The quantitative estimate of drug-likeness (QED) is 0.220. The summed E-state index contributed by atoms with van der Waals surface area (Å²) in [6.07, 6.45) is 1.86. The molecule has 0 amide bonds. The van der Waals surface area contributed by atoms with Crippen molar-refractivity contribution in [3.8, 4) is 0 Å². The van der Waals surface area contributed by atoms with E-state index in [1.807, 2.05) is 30.5 Å². The normalized spacial score (nSPS) is 10.9. The average molecular weight is 285 g/mol. The number of anilines is 1. The standard InChI is InChI=1S/C16H19N3S/c1-12-7-8-13(2)14(9-12)10-18-19-11-20-16-6-4-3-5-15(16)17/h3-10,19H,11,17H2,1-2H3/b18-10+. The Hall–Kier alpha value is -1.94. The van der Waals surface area contributed by atoms with Gasteiger partial charge in [-0.2, -0.15) is 5.10 Å². The zero-order valence-electron chi connectivity index (χ0n) is 11.8. The zero-order chi connectivity index (χ0) is 14.4. The van der Waals surface area contributed by atoms with Gasteiger partial charge in [-0.25, -0.2) is 0 Å². The van der Waals surface area contributed by atoms with Crippen molar-refractivity contribution in [3.05, 3.63) is 59.2 Å². The summed E-state index contributed by atoms with van der Waals surface area (Å²) in [7, 11) is 0. The van der Waals surface area contributed by atoms with Gasteiger partial charge in [0.25, 0.3) is 0 Å². The number of para-hydroxylation sites is 1. The number of hydrazone groups is 1. The van der Waals surface area contributed by atoms with Crippen molar-refractivity contribution >= 4 is 23.7 Å². The fourth-order valence-corrected chi connectivity index (χ4v) is 2.48. The molecular formula is C16H19N3S. The molecule has 0 aliphatic carbocycles. The number of nitrogens with zero attached hydrogens (tertiary/aromatic N) is 1. The van der Waals surface area contributed by atoms with Gasteiger partial charge < -0.3 is 5.73 Å². The topological polar surface area (TPSA) is 50.4 Å². The third-order valence-electron chi connectivity index (χ3n) is 2.94. The first-order chi connectivity index (χ1) is 9.66. The first kappa shape index (κ1) is 14.5. The van der Waals surface area contributed by atoms with Crippen molar-refractivity contribution in [2.75, 3.05) is 11.6 Å². The van der Waals surface area contributed by atoms with Gasteiger partial charge in [-0.15, -0.1) is 11.8 Å². The summed E-state index contributed by atoms with van der Waals surface area (Å²) in [6, 6.07) is 14.2. The lowest BCUT2D eigenvalue weighted by atomic mass is 10.1. The highest BCUT2D eigenvalue weighted by molar-refractivity contribution is 7.99. The third-order valence-corrected chi connectivity index (χ3v) is 3.90. The molecule has 3 nitrogen and oxygen atoms in total. The van der Waals surface area contributed by atoms with Gasteiger partial charge in [-0.3, -0.25) is 5.43 Å². The summed E-state index contributed by atoms with van der Waals surface area (Å²) in [6.45, 7) is 4.17. The van der Waals surface area contributed by atoms with E-state index in [4.69, 9.17) is 5.73 Å². The Morgan fingerprint density at radius 3 is 2.80 bits per heavy atom. The number of nitrogen functional groups attached to an aromatic ring is 1. The molecule has 0 aliphatic rings. The third kappa shape index (κ3) is 4.03. The molecule has 2 aromatic rings. The molecule has 0 spiro atoms. The Balaban J connectivity index is 1.85. The summed E-state index contributed by atoms with van der Waals surface area (Å²) in [5.74, 6) is 0.690. The Labute approximate surface area is 124 Å². The first-order valence-electron chi connectivity index (χ1n) is 6.47. The summed E-state index contributed by atoms with van der Waals surface area (Å²) >= 11 is 1.64. The Morgan fingerprint density at radius 1 is 1.20 bits per heavy atom. The number of hydrogen-bond donors (Lipinski definition) is 2. The Morgan fingerprint density at radius 2 is 2.00 bits per heavy atom. The second-order valence-corrected chi connectivity index (χ2v) is 5.62. The highest BCUT2D eigenvalue weighted by Gasteiger charge is 1.97. The van der Waals surface area contributed by atoms with Crippen molar-refractivity contribution in [2.24, 2.45) is 5.10 Å². The van der Waals surface area contributed by atoms with Crippen LogP contribution in [-0.2, 0) is 0 Å². The van der Waals surface area contributed by atoms with Crippen LogP contribution in [0.4, 0.5) is 5.69 Å². The average Bonchev–Trinajstić information content (AvgIpc) is 2.44. The molecule has 2 rings (SSSR count). The van der Waals surface area contributed by atoms with Crippen LogP contribution in [0.3, 0.4) is 0 Å². The molecular weight excluding hydrogens is 266 g/mol. The van der Waals surface area contributed by atoms with Crippen LogP contribution in [0.15, 0.2) is 52.5 Å². The van der Waals surface area contributed by atoms with Crippen molar-refractivity contribution in [3.63, 3.8) is 0 Å². The van der Waals surface area contributed by atoms with Gasteiger partial charge in [0, 0.05) is 10.6 Å². The number of rotatable bonds is 5. The van der Waals surface area contributed by atoms with E-state index in [2.05, 4.69) is 42.6 Å².